The molecular formula is C87H117Cl2F5N6O23S4. The summed E-state index contributed by atoms with van der Waals surface area (Å²) in [6.07, 6.45) is 2.13. The highest BCUT2D eigenvalue weighted by molar-refractivity contribution is 8.77. The highest BCUT2D eigenvalue weighted by atomic mass is 35.5. The fourth-order valence-electron chi connectivity index (χ4n) is 14.8. The van der Waals surface area contributed by atoms with Crippen molar-refractivity contribution < 1.29 is 132 Å². The molecule has 6 amide bonds. The molecule has 4 N–H and O–H groups in total. The zero-order valence-electron chi connectivity index (χ0n) is 72.6. The average Bonchev–Trinajstić information content (AvgIpc) is 1.57. The Morgan fingerprint density at radius 1 is 0.583 bits per heavy atom. The third-order valence-corrected chi connectivity index (χ3v) is 28.5. The number of allylic oxidation sites excluding steroid dienone is 6. The summed E-state index contributed by atoms with van der Waals surface area (Å²) < 4.78 is 131. The van der Waals surface area contributed by atoms with E-state index in [0.29, 0.717) is 47.9 Å². The van der Waals surface area contributed by atoms with Gasteiger partial charge in [0.1, 0.15) is 87.2 Å². The van der Waals surface area contributed by atoms with Crippen LogP contribution < -0.4 is 34.6 Å². The summed E-state index contributed by atoms with van der Waals surface area (Å²) in [5.41, 5.74) is -2.24. The molecule has 0 radical (unpaired) electrons. The summed E-state index contributed by atoms with van der Waals surface area (Å²) in [6, 6.07) is 4.91. The Morgan fingerprint density at radius 3 is 1.31 bits per heavy atom. The van der Waals surface area contributed by atoms with E-state index in [1.807, 2.05) is 26.0 Å². The number of nitrogens with one attached hydrogen (secondary N) is 2. The number of methoxy groups -OCH3 is 4. The number of aliphatic hydroxyl groups is 2. The molecule has 9 rings (SSSR count). The average molecular weight is 1910 g/mol. The van der Waals surface area contributed by atoms with Crippen LogP contribution >= 0.6 is 66.4 Å². The number of benzene rings is 3. The zero-order valence-corrected chi connectivity index (χ0v) is 77.3. The van der Waals surface area contributed by atoms with Gasteiger partial charge in [0.05, 0.1) is 50.6 Å². The Morgan fingerprint density at radius 2 is 0.945 bits per heavy atom. The van der Waals surface area contributed by atoms with E-state index in [4.69, 9.17) is 70.6 Å². The summed E-state index contributed by atoms with van der Waals surface area (Å²) in [6.45, 7) is 15.3. The van der Waals surface area contributed by atoms with Crippen LogP contribution in [0.1, 0.15) is 153 Å². The van der Waals surface area contributed by atoms with Gasteiger partial charge in [-0.05, 0) is 110 Å². The molecule has 706 valence electrons. The number of anilines is 2. The van der Waals surface area contributed by atoms with E-state index in [-0.39, 0.29) is 86.6 Å². The predicted molar refractivity (Wildman–Crippen MR) is 475 cm³/mol. The molecule has 0 aromatic heterocycles. The number of ketones is 1. The third-order valence-electron chi connectivity index (χ3n) is 22.8. The van der Waals surface area contributed by atoms with Gasteiger partial charge < -0.3 is 86.7 Å². The molecule has 3 aromatic rings. The van der Waals surface area contributed by atoms with Crippen LogP contribution in [0.25, 0.3) is 0 Å². The highest BCUT2D eigenvalue weighted by Crippen LogP contribution is 2.52. The second-order valence-electron chi connectivity index (χ2n) is 31.9. The zero-order chi connectivity index (χ0) is 92.7. The SMILES string of the molecule is C.C.COc1cc2cc(c1Cl)N(C)C(=O)C[C@H](OC(=O)[C@H](C)N(C)C(=O)CCSSCCCC(=O)Oc1c(F)c(F)c(F)c(F)c1F)[C@]1(C)O[C@H]1[C@H](C)[C@@H]1C[C@@](O)(NC(=O)O1)[C@H](OC)/C=C/C=C(\C)C2.COc1cc2cc(c1Cl)N(C)C(=O)C[C@H](OC(=O)[C@H](C)N(C)C(=O)CCSSCCCC(C)=O)[C@]1(C)O[C@H]1[C@H](C)[C@@H]1C[C@@](O)(NC(=O)O1)[C@H](OC)/C=C/C=C(\C)C2. The molecule has 6 heterocycles. The first-order valence-corrected chi connectivity index (χ1v) is 46.0. The van der Waals surface area contributed by atoms with Crippen molar-refractivity contribution in [3.05, 3.63) is 122 Å². The van der Waals surface area contributed by atoms with Gasteiger partial charge in [0.25, 0.3) is 0 Å². The number of alkyl carbamates (subject to hydrolysis) is 2. The fourth-order valence-corrected chi connectivity index (χ4v) is 19.5. The van der Waals surface area contributed by atoms with Crippen LogP contribution in [0.4, 0.5) is 42.9 Å². The van der Waals surface area contributed by atoms with Crippen LogP contribution in [-0.4, -0.2) is 243 Å². The van der Waals surface area contributed by atoms with Crippen molar-refractivity contribution in [1.82, 2.24) is 20.4 Å². The number of epoxide rings is 2. The first kappa shape index (κ1) is 108. The minimum atomic E-state index is -2.38. The highest BCUT2D eigenvalue weighted by Gasteiger charge is 2.66. The number of esters is 3. The number of nitrogens with zero attached hydrogens (tertiary/aromatic N) is 4. The van der Waals surface area contributed by atoms with Gasteiger partial charge in [-0.15, -0.1) is 0 Å². The van der Waals surface area contributed by atoms with E-state index in [0.717, 1.165) is 34.4 Å². The van der Waals surface area contributed by atoms with Gasteiger partial charge in [-0.2, -0.15) is 8.78 Å². The molecular weight excluding hydrogens is 1790 g/mol. The number of hydrogen-bond acceptors (Lipinski definition) is 27. The number of Topliss-reactive ketones (excluding diaryl/α,β-unsaturated/α-hetero) is 1. The number of likely N-dealkylation sites (N-methyl/N-ethyl adjacent to an activating group) is 2. The molecule has 29 nitrogen and oxygen atoms in total. The molecule has 40 heteroatoms. The van der Waals surface area contributed by atoms with Gasteiger partial charge in [-0.25, -0.2) is 32.3 Å². The lowest BCUT2D eigenvalue weighted by atomic mass is 9.83. The standard InChI is InChI=1S/C45H53ClF5N3O12S2.C40H56ClN3O11S2.2CH4/c1-22-11-9-12-29(62-8)45(60)21-28(63-43(59)52-45)23(2)41-44(4,66-41)30(20-32(56)54(6)26-18-25(17-22)19-27(61-7)34(26)46)64-42(58)24(3)53(5)31(55)14-16-68-67-15-10-13-33(57)65-40-38(50)36(48)35(47)37(49)39(40)51;1-23-12-10-14-31(52-9)40(50)22-30(53-38(49)42-40)25(3)36-39(5,55-36)32(21-34(47)44(7)28-19-27(18-23)20-29(51-8)35(28)41)54-37(48)26(4)43(6)33(46)15-17-57-56-16-11-13-24(2)45;;/h9,11-12,18-19,23-24,28-30,41,60H,10,13-17,20-21H2,1-8H3,(H,52,59);10,12,14,19-20,25-26,30-32,36,50H,11,13,15-18,21-22H2,1-9H3,(H,42,49);2*1H4/b12-9+,22-11+;14-10+,23-12+;;/t23-,24+,28+,29-,30+,41+,44+,45+;25-,26+,30+,31-,32+,36+,39+,40+;;/m11../s1. The molecule has 0 unspecified atom stereocenters. The Bertz CT molecular complexity index is 4590. The molecule has 127 heavy (non-hydrogen) atoms. The van der Waals surface area contributed by atoms with Crippen molar-refractivity contribution in [2.24, 2.45) is 11.8 Å². The monoisotopic (exact) mass is 1910 g/mol. The number of fused-ring (bicyclic) bond motifs is 10. The molecule has 0 spiro atoms. The first-order valence-electron chi connectivity index (χ1n) is 40.2. The maximum Gasteiger partial charge on any atom is 0.409 e. The quantitative estimate of drug-likeness (QED) is 0.00634. The Labute approximate surface area is 763 Å². The summed E-state index contributed by atoms with van der Waals surface area (Å²) in [4.78, 5) is 137. The van der Waals surface area contributed by atoms with E-state index >= 15 is 0 Å². The van der Waals surface area contributed by atoms with E-state index in [9.17, 15) is 80.1 Å². The lowest BCUT2D eigenvalue weighted by molar-refractivity contribution is -0.162. The number of hydrogen-bond donors (Lipinski definition) is 4. The number of carbonyl (C=O) groups is 10. The summed E-state index contributed by atoms with van der Waals surface area (Å²) in [7, 11) is 17.4. The van der Waals surface area contributed by atoms with Crippen LogP contribution in [-0.2, 0) is 89.1 Å². The second-order valence-corrected chi connectivity index (χ2v) is 38.0. The molecule has 3 aromatic carbocycles. The van der Waals surface area contributed by atoms with Crippen LogP contribution in [0.3, 0.4) is 0 Å². The van der Waals surface area contributed by atoms with Crippen molar-refractivity contribution in [1.29, 1.82) is 0 Å². The normalized spacial score (nSPS) is 27.7. The van der Waals surface area contributed by atoms with Gasteiger partial charge in [0.15, 0.2) is 11.4 Å². The third kappa shape index (κ3) is 27.2. The molecule has 6 aliphatic heterocycles. The minimum absolute atomic E-state index is 0. The fraction of sp³-hybridized carbons (Fsp3) is 0.586. The smallest absolute Gasteiger partial charge is 0.409 e. The number of carbonyl (C=O) groups excluding carboxylic acids is 10. The summed E-state index contributed by atoms with van der Waals surface area (Å²) >= 11 is 13.5. The number of halogens is 7. The van der Waals surface area contributed by atoms with Gasteiger partial charge >= 0.3 is 30.1 Å². The van der Waals surface area contributed by atoms with Crippen LogP contribution in [0.2, 0.25) is 10.0 Å². The van der Waals surface area contributed by atoms with Crippen molar-refractivity contribution in [3.8, 4) is 17.2 Å². The summed E-state index contributed by atoms with van der Waals surface area (Å²) in [5.74, 6) is -16.0. The Hall–Kier alpha value is -7.89. The van der Waals surface area contributed by atoms with E-state index < -0.39 is 191 Å². The number of rotatable bonds is 27. The van der Waals surface area contributed by atoms with E-state index in [1.54, 1.807) is 108 Å². The Kier molecular flexibility index (Phi) is 40.2. The number of amides is 6. The van der Waals surface area contributed by atoms with Crippen LogP contribution in [0, 0.1) is 40.9 Å². The molecule has 8 bridgehead atoms. The van der Waals surface area contributed by atoms with Gasteiger partial charge in [-0.3, -0.25) is 34.6 Å². The molecule has 6 aliphatic rings. The Balaban J connectivity index is 0.000000392. The van der Waals surface area contributed by atoms with Crippen LogP contribution in [0.15, 0.2) is 71.9 Å². The van der Waals surface area contributed by atoms with E-state index in [1.165, 1.54) is 108 Å². The topological polar surface area (TPSA) is 356 Å². The van der Waals surface area contributed by atoms with Crippen molar-refractivity contribution in [2.45, 2.75) is 238 Å². The lowest BCUT2D eigenvalue weighted by Gasteiger charge is -2.42. The molecule has 4 fully saturated rings. The first-order chi connectivity index (χ1) is 58.8. The van der Waals surface area contributed by atoms with Crippen molar-refractivity contribution in [2.75, 3.05) is 89.4 Å². The second kappa shape index (κ2) is 47.3. The summed E-state index contributed by atoms with van der Waals surface area (Å²) in [5, 5.41) is 28.9. The van der Waals surface area contributed by atoms with Crippen molar-refractivity contribution >= 4 is 137 Å². The number of ether oxygens (including phenoxy) is 11. The molecule has 0 aliphatic carbocycles. The lowest BCUT2D eigenvalue weighted by Crippen LogP contribution is -2.63. The maximum atomic E-state index is 14.2. The van der Waals surface area contributed by atoms with Gasteiger partial charge in [0, 0.05) is 116 Å². The molecule has 4 saturated heterocycles. The minimum Gasteiger partial charge on any atom is -0.495 e. The maximum absolute atomic E-state index is 14.2. The largest absolute Gasteiger partial charge is 0.495 e. The predicted octanol–water partition coefficient (Wildman–Crippen LogP) is 14.3. The molecule has 16 atom stereocenters. The molecule has 0 saturated carbocycles. The van der Waals surface area contributed by atoms with Crippen LogP contribution in [0.5, 0.6) is 17.2 Å². The van der Waals surface area contributed by atoms with Crippen molar-refractivity contribution in [3.63, 3.8) is 0 Å². The van der Waals surface area contributed by atoms with Gasteiger partial charge in [0.2, 0.25) is 58.5 Å². The van der Waals surface area contributed by atoms with Gasteiger partial charge in [-0.1, -0.05) is 143 Å². The van der Waals surface area contributed by atoms with E-state index in [2.05, 4.69) is 15.4 Å².